The zero-order chi connectivity index (χ0) is 21.1. The summed E-state index contributed by atoms with van der Waals surface area (Å²) in [6.07, 6.45) is 1.61. The Kier molecular flexibility index (Phi) is 9.11. The van der Waals surface area contributed by atoms with Gasteiger partial charge in [-0.1, -0.05) is 30.4 Å². The van der Waals surface area contributed by atoms with Crippen LogP contribution in [0.15, 0.2) is 60.0 Å². The van der Waals surface area contributed by atoms with E-state index < -0.39 is 5.97 Å². The minimum Gasteiger partial charge on any atom is -0.493 e. The number of hydrogen-bond donors (Lipinski definition) is 1. The summed E-state index contributed by atoms with van der Waals surface area (Å²) < 4.78 is 15.7. The predicted molar refractivity (Wildman–Crippen MR) is 114 cm³/mol. The normalized spacial score (nSPS) is 10.1. The van der Waals surface area contributed by atoms with Gasteiger partial charge in [0.25, 0.3) is 5.91 Å². The molecule has 0 bridgehead atoms. The van der Waals surface area contributed by atoms with Gasteiger partial charge in [-0.05, 0) is 37.3 Å². The van der Waals surface area contributed by atoms with Crippen LogP contribution in [0, 0.1) is 6.92 Å². The fourth-order valence-corrected chi connectivity index (χ4v) is 3.09. The highest BCUT2D eigenvalue weighted by atomic mass is 32.2. The van der Waals surface area contributed by atoms with E-state index in [1.807, 2.05) is 31.2 Å². The molecule has 0 aromatic heterocycles. The molecule has 1 N–H and O–H groups in total. The van der Waals surface area contributed by atoms with Crippen molar-refractivity contribution in [1.29, 1.82) is 0 Å². The number of hydrogen-bond acceptors (Lipinski definition) is 6. The van der Waals surface area contributed by atoms with Gasteiger partial charge in [0.05, 0.1) is 12.7 Å². The van der Waals surface area contributed by atoms with Crippen LogP contribution in [0.3, 0.4) is 0 Å². The summed E-state index contributed by atoms with van der Waals surface area (Å²) in [5.41, 5.74) is 1.48. The number of amides is 1. The quantitative estimate of drug-likeness (QED) is 0.261. The summed E-state index contributed by atoms with van der Waals surface area (Å²) in [6, 6.07) is 12.9. The lowest BCUT2D eigenvalue weighted by molar-refractivity contribution is -0.124. The first-order chi connectivity index (χ1) is 14.0. The first-order valence-corrected chi connectivity index (χ1v) is 10.1. The molecule has 0 unspecified atom stereocenters. The molecule has 2 aromatic rings. The first kappa shape index (κ1) is 22.4. The van der Waals surface area contributed by atoms with Crippen LogP contribution in [-0.4, -0.2) is 44.5 Å². The molecule has 0 atom stereocenters. The Balaban J connectivity index is 1.74. The minimum atomic E-state index is -0.609. The van der Waals surface area contributed by atoms with Gasteiger partial charge in [-0.2, -0.15) is 0 Å². The van der Waals surface area contributed by atoms with Gasteiger partial charge < -0.3 is 19.5 Å². The third kappa shape index (κ3) is 7.54. The van der Waals surface area contributed by atoms with Crippen LogP contribution in [0.1, 0.15) is 15.9 Å². The third-order valence-corrected chi connectivity index (χ3v) is 4.82. The summed E-state index contributed by atoms with van der Waals surface area (Å²) in [4.78, 5) is 25.2. The average Bonchev–Trinajstić information content (AvgIpc) is 2.74. The van der Waals surface area contributed by atoms with Crippen molar-refractivity contribution in [3.8, 4) is 11.5 Å². The molecular formula is C22H25NO5S. The molecule has 0 saturated carbocycles. The molecule has 6 nitrogen and oxygen atoms in total. The van der Waals surface area contributed by atoms with E-state index in [0.29, 0.717) is 24.7 Å². The highest BCUT2D eigenvalue weighted by Gasteiger charge is 2.14. The van der Waals surface area contributed by atoms with E-state index in [0.717, 1.165) is 10.6 Å². The lowest BCUT2D eigenvalue weighted by Gasteiger charge is -2.11. The number of rotatable bonds is 11. The summed E-state index contributed by atoms with van der Waals surface area (Å²) >= 11 is 1.65. The molecular weight excluding hydrogens is 390 g/mol. The van der Waals surface area contributed by atoms with Crippen molar-refractivity contribution in [2.24, 2.45) is 0 Å². The highest BCUT2D eigenvalue weighted by molar-refractivity contribution is 7.99. The summed E-state index contributed by atoms with van der Waals surface area (Å²) in [7, 11) is 1.48. The topological polar surface area (TPSA) is 73.9 Å². The fraction of sp³-hybridized carbons (Fsp3) is 0.273. The summed E-state index contributed by atoms with van der Waals surface area (Å²) in [6.45, 7) is 6.09. The van der Waals surface area contributed by atoms with Crippen LogP contribution in [-0.2, 0) is 9.53 Å². The monoisotopic (exact) mass is 415 g/mol. The second-order valence-electron chi connectivity index (χ2n) is 6.05. The number of carbonyl (C=O) groups is 2. The van der Waals surface area contributed by atoms with E-state index in [4.69, 9.17) is 14.2 Å². The first-order valence-electron chi connectivity index (χ1n) is 9.08. The Morgan fingerprint density at radius 3 is 2.59 bits per heavy atom. The van der Waals surface area contributed by atoms with Crippen molar-refractivity contribution in [2.45, 2.75) is 11.8 Å². The molecule has 0 aliphatic heterocycles. The molecule has 154 valence electrons. The lowest BCUT2D eigenvalue weighted by Crippen LogP contribution is -2.30. The molecule has 0 radical (unpaired) electrons. The van der Waals surface area contributed by atoms with Crippen molar-refractivity contribution >= 4 is 23.6 Å². The van der Waals surface area contributed by atoms with Gasteiger partial charge in [0.2, 0.25) is 0 Å². The maximum atomic E-state index is 12.2. The molecule has 0 aliphatic rings. The van der Waals surface area contributed by atoms with E-state index in [-0.39, 0.29) is 18.1 Å². The number of esters is 1. The van der Waals surface area contributed by atoms with E-state index >= 15 is 0 Å². The molecule has 1 amide bonds. The van der Waals surface area contributed by atoms with E-state index in [1.54, 1.807) is 30.0 Å². The van der Waals surface area contributed by atoms with Crippen molar-refractivity contribution < 1.29 is 23.8 Å². The SMILES string of the molecule is C=CCOc1ccc(C(=O)OCC(=O)NCCSc2ccc(C)cc2)cc1OC. The third-order valence-electron chi connectivity index (χ3n) is 3.80. The molecule has 7 heteroatoms. The van der Waals surface area contributed by atoms with Gasteiger partial charge >= 0.3 is 5.97 Å². The van der Waals surface area contributed by atoms with Crippen molar-refractivity contribution in [1.82, 2.24) is 5.32 Å². The van der Waals surface area contributed by atoms with Gasteiger partial charge in [-0.25, -0.2) is 4.79 Å². The Labute approximate surface area is 175 Å². The number of thioether (sulfide) groups is 1. The second kappa shape index (κ2) is 11.8. The van der Waals surface area contributed by atoms with Crippen LogP contribution in [0.5, 0.6) is 11.5 Å². The van der Waals surface area contributed by atoms with Gasteiger partial charge in [-0.15, -0.1) is 11.8 Å². The summed E-state index contributed by atoms with van der Waals surface area (Å²) in [5, 5.41) is 2.73. The number of benzene rings is 2. The van der Waals surface area contributed by atoms with Crippen LogP contribution in [0.4, 0.5) is 0 Å². The van der Waals surface area contributed by atoms with Crippen molar-refractivity contribution in [3.63, 3.8) is 0 Å². The number of ether oxygens (including phenoxy) is 3. The van der Waals surface area contributed by atoms with Crippen molar-refractivity contribution in [2.75, 3.05) is 32.6 Å². The Morgan fingerprint density at radius 1 is 1.14 bits per heavy atom. The number of methoxy groups -OCH3 is 1. The fourth-order valence-electron chi connectivity index (χ4n) is 2.32. The molecule has 0 heterocycles. The number of carbonyl (C=O) groups excluding carboxylic acids is 2. The molecule has 29 heavy (non-hydrogen) atoms. The Morgan fingerprint density at radius 2 is 1.90 bits per heavy atom. The minimum absolute atomic E-state index is 0.274. The zero-order valence-corrected chi connectivity index (χ0v) is 17.4. The smallest absolute Gasteiger partial charge is 0.338 e. The highest BCUT2D eigenvalue weighted by Crippen LogP contribution is 2.28. The molecule has 0 spiro atoms. The standard InChI is InChI=1S/C22H25NO5S/c1-4-12-27-19-10-7-17(14-20(19)26-3)22(25)28-15-21(24)23-11-13-29-18-8-5-16(2)6-9-18/h4-10,14H,1,11-13,15H2,2-3H3,(H,23,24). The van der Waals surface area contributed by atoms with Crippen molar-refractivity contribution in [3.05, 3.63) is 66.2 Å². The molecule has 0 saturated heterocycles. The molecule has 0 aliphatic carbocycles. The van der Waals surface area contributed by atoms with Gasteiger partial charge in [-0.3, -0.25) is 4.79 Å². The zero-order valence-electron chi connectivity index (χ0n) is 16.6. The average molecular weight is 416 g/mol. The maximum absolute atomic E-state index is 12.2. The number of aryl methyl sites for hydroxylation is 1. The van der Waals surface area contributed by atoms with Crippen LogP contribution in [0.25, 0.3) is 0 Å². The lowest BCUT2D eigenvalue weighted by atomic mass is 10.2. The van der Waals surface area contributed by atoms with Gasteiger partial charge in [0, 0.05) is 17.2 Å². The van der Waals surface area contributed by atoms with Crippen LogP contribution < -0.4 is 14.8 Å². The molecule has 2 rings (SSSR count). The maximum Gasteiger partial charge on any atom is 0.338 e. The Hall–Kier alpha value is -2.93. The van der Waals surface area contributed by atoms with Gasteiger partial charge in [0.15, 0.2) is 18.1 Å². The van der Waals surface area contributed by atoms with E-state index in [1.165, 1.54) is 18.7 Å². The molecule has 2 aromatic carbocycles. The Bertz CT molecular complexity index is 836. The van der Waals surface area contributed by atoms with Gasteiger partial charge in [0.1, 0.15) is 6.61 Å². The predicted octanol–water partition coefficient (Wildman–Crippen LogP) is 3.63. The number of nitrogens with one attached hydrogen (secondary N) is 1. The largest absolute Gasteiger partial charge is 0.493 e. The summed E-state index contributed by atoms with van der Waals surface area (Å²) in [5.74, 6) is 0.668. The second-order valence-corrected chi connectivity index (χ2v) is 7.22. The van der Waals surface area contributed by atoms with E-state index in [2.05, 4.69) is 11.9 Å². The van der Waals surface area contributed by atoms with E-state index in [9.17, 15) is 9.59 Å². The van der Waals surface area contributed by atoms with Crippen LogP contribution in [0.2, 0.25) is 0 Å². The van der Waals surface area contributed by atoms with Crippen LogP contribution >= 0.6 is 11.8 Å². The molecule has 0 fully saturated rings.